The first kappa shape index (κ1) is 20.8. The minimum atomic E-state index is -2.98. The average molecular weight is 427 g/mol. The number of halogens is 2. The van der Waals surface area contributed by atoms with E-state index < -0.39 is 12.5 Å². The summed E-state index contributed by atoms with van der Waals surface area (Å²) < 4.78 is 34.6. The predicted molar refractivity (Wildman–Crippen MR) is 115 cm³/mol. The summed E-state index contributed by atoms with van der Waals surface area (Å²) in [5, 5.41) is 4.76. The van der Waals surface area contributed by atoms with Crippen molar-refractivity contribution in [3.05, 3.63) is 54.4 Å². The van der Waals surface area contributed by atoms with Gasteiger partial charge in [0.15, 0.2) is 11.5 Å². The van der Waals surface area contributed by atoms with Crippen LogP contribution in [0.2, 0.25) is 0 Å². The van der Waals surface area contributed by atoms with Gasteiger partial charge in [-0.1, -0.05) is 0 Å². The van der Waals surface area contributed by atoms with E-state index in [9.17, 15) is 13.6 Å². The van der Waals surface area contributed by atoms with Crippen LogP contribution in [0.1, 0.15) is 29.6 Å². The van der Waals surface area contributed by atoms with Gasteiger partial charge in [0.25, 0.3) is 5.91 Å². The number of benzene rings is 2. The maximum atomic E-state index is 12.9. The number of hydrogen-bond donors (Lipinski definition) is 1. The van der Waals surface area contributed by atoms with E-state index in [1.165, 1.54) is 31.7 Å². The van der Waals surface area contributed by atoms with E-state index in [0.29, 0.717) is 5.69 Å². The SMILES string of the molecule is COc1cc(C(=O)Nc2ccc(N3CCCCC3)c3ccncc23)ccc1OC(F)F. The maximum Gasteiger partial charge on any atom is 0.387 e. The molecule has 1 aromatic heterocycles. The summed E-state index contributed by atoms with van der Waals surface area (Å²) in [7, 11) is 1.33. The van der Waals surface area contributed by atoms with E-state index >= 15 is 0 Å². The lowest BCUT2D eigenvalue weighted by Gasteiger charge is -2.30. The van der Waals surface area contributed by atoms with Crippen molar-refractivity contribution in [2.75, 3.05) is 30.4 Å². The van der Waals surface area contributed by atoms with Crippen LogP contribution in [0.15, 0.2) is 48.8 Å². The van der Waals surface area contributed by atoms with Gasteiger partial charge < -0.3 is 19.7 Å². The van der Waals surface area contributed by atoms with Crippen LogP contribution in [-0.4, -0.2) is 37.7 Å². The lowest BCUT2D eigenvalue weighted by Crippen LogP contribution is -2.29. The number of carbonyl (C=O) groups is 1. The maximum absolute atomic E-state index is 12.9. The molecule has 0 aliphatic carbocycles. The van der Waals surface area contributed by atoms with E-state index in [4.69, 9.17) is 4.74 Å². The number of ether oxygens (including phenoxy) is 2. The lowest BCUT2D eigenvalue weighted by molar-refractivity contribution is -0.0512. The first-order valence-corrected chi connectivity index (χ1v) is 10.1. The number of alkyl halides is 2. The number of amides is 1. The zero-order chi connectivity index (χ0) is 21.8. The fourth-order valence-corrected chi connectivity index (χ4v) is 3.89. The van der Waals surface area contributed by atoms with Gasteiger partial charge in [-0.05, 0) is 55.7 Å². The van der Waals surface area contributed by atoms with E-state index in [0.717, 1.165) is 42.4 Å². The van der Waals surface area contributed by atoms with Crippen molar-refractivity contribution < 1.29 is 23.0 Å². The van der Waals surface area contributed by atoms with E-state index in [1.807, 2.05) is 18.2 Å². The van der Waals surface area contributed by atoms with Crippen molar-refractivity contribution in [3.8, 4) is 11.5 Å². The lowest BCUT2D eigenvalue weighted by atomic mass is 10.0. The van der Waals surface area contributed by atoms with Gasteiger partial charge >= 0.3 is 6.61 Å². The number of nitrogens with one attached hydrogen (secondary N) is 1. The quantitative estimate of drug-likeness (QED) is 0.594. The zero-order valence-corrected chi connectivity index (χ0v) is 17.1. The highest BCUT2D eigenvalue weighted by molar-refractivity contribution is 6.11. The predicted octanol–water partition coefficient (Wildman–Crippen LogP) is 5.09. The normalized spacial score (nSPS) is 14.0. The van der Waals surface area contributed by atoms with Gasteiger partial charge in [-0.3, -0.25) is 9.78 Å². The third-order valence-corrected chi connectivity index (χ3v) is 5.38. The molecule has 2 aromatic carbocycles. The molecule has 1 aliphatic rings. The number of rotatable bonds is 6. The van der Waals surface area contributed by atoms with Gasteiger partial charge in [0.1, 0.15) is 0 Å². The zero-order valence-electron chi connectivity index (χ0n) is 17.1. The summed E-state index contributed by atoms with van der Waals surface area (Å²) in [6, 6.07) is 9.92. The molecule has 0 saturated carbocycles. The van der Waals surface area contributed by atoms with Crippen molar-refractivity contribution >= 4 is 28.1 Å². The molecule has 1 fully saturated rings. The number of anilines is 2. The highest BCUT2D eigenvalue weighted by Crippen LogP contribution is 2.34. The topological polar surface area (TPSA) is 63.7 Å². The van der Waals surface area contributed by atoms with Crippen LogP contribution >= 0.6 is 0 Å². The summed E-state index contributed by atoms with van der Waals surface area (Å²) in [5.41, 5.74) is 2.02. The molecule has 6 nitrogen and oxygen atoms in total. The van der Waals surface area contributed by atoms with Crippen LogP contribution in [-0.2, 0) is 0 Å². The monoisotopic (exact) mass is 427 g/mol. The van der Waals surface area contributed by atoms with Gasteiger partial charge in [-0.2, -0.15) is 8.78 Å². The Bertz CT molecular complexity index is 1080. The molecule has 31 heavy (non-hydrogen) atoms. The summed E-state index contributed by atoms with van der Waals surface area (Å²) in [6.45, 7) is -0.961. The molecule has 1 saturated heterocycles. The molecular formula is C23H23F2N3O3. The summed E-state index contributed by atoms with van der Waals surface area (Å²) in [4.78, 5) is 19.5. The molecule has 0 unspecified atom stereocenters. The number of hydrogen-bond acceptors (Lipinski definition) is 5. The molecule has 0 spiro atoms. The molecule has 2 heterocycles. The van der Waals surface area contributed by atoms with Crippen LogP contribution in [0.3, 0.4) is 0 Å². The number of methoxy groups -OCH3 is 1. The van der Waals surface area contributed by atoms with Crippen LogP contribution in [0.5, 0.6) is 11.5 Å². The standard InChI is InChI=1S/C23H23F2N3O3/c1-30-21-13-15(5-8-20(21)31-23(24)25)22(29)27-18-6-7-19(28-11-3-2-4-12-28)16-9-10-26-14-17(16)18/h5-10,13-14,23H,2-4,11-12H2,1H3,(H,27,29). The molecule has 162 valence electrons. The number of pyridine rings is 1. The highest BCUT2D eigenvalue weighted by atomic mass is 19.3. The molecule has 4 rings (SSSR count). The molecular weight excluding hydrogens is 404 g/mol. The van der Waals surface area contributed by atoms with Crippen molar-refractivity contribution in [3.63, 3.8) is 0 Å². The second-order valence-corrected chi connectivity index (χ2v) is 7.30. The van der Waals surface area contributed by atoms with Gasteiger partial charge in [0.2, 0.25) is 0 Å². The fraction of sp³-hybridized carbons (Fsp3) is 0.304. The van der Waals surface area contributed by atoms with E-state index in [-0.39, 0.29) is 17.1 Å². The Kier molecular flexibility index (Phi) is 6.16. The third kappa shape index (κ3) is 4.52. The van der Waals surface area contributed by atoms with E-state index in [2.05, 4.69) is 19.9 Å². The molecule has 1 aliphatic heterocycles. The number of piperidine rings is 1. The number of nitrogens with zero attached hydrogens (tertiary/aromatic N) is 2. The molecule has 1 N–H and O–H groups in total. The minimum absolute atomic E-state index is 0.0555. The molecule has 1 amide bonds. The average Bonchev–Trinajstić information content (AvgIpc) is 2.79. The Balaban J connectivity index is 1.62. The molecule has 0 bridgehead atoms. The van der Waals surface area contributed by atoms with Crippen molar-refractivity contribution in [2.24, 2.45) is 0 Å². The fourth-order valence-electron chi connectivity index (χ4n) is 3.89. The molecule has 0 atom stereocenters. The van der Waals surface area contributed by atoms with Crippen LogP contribution in [0.4, 0.5) is 20.2 Å². The van der Waals surface area contributed by atoms with Gasteiger partial charge in [-0.15, -0.1) is 0 Å². The number of aromatic nitrogens is 1. The first-order valence-electron chi connectivity index (χ1n) is 10.1. The van der Waals surface area contributed by atoms with Gasteiger partial charge in [0, 0.05) is 47.5 Å². The third-order valence-electron chi connectivity index (χ3n) is 5.38. The Morgan fingerprint density at radius 1 is 1.06 bits per heavy atom. The summed E-state index contributed by atoms with van der Waals surface area (Å²) in [6.07, 6.45) is 7.05. The Morgan fingerprint density at radius 3 is 2.61 bits per heavy atom. The molecule has 3 aromatic rings. The molecule has 0 radical (unpaired) electrons. The second kappa shape index (κ2) is 9.16. The minimum Gasteiger partial charge on any atom is -0.493 e. The van der Waals surface area contributed by atoms with Crippen molar-refractivity contribution in [1.82, 2.24) is 4.98 Å². The van der Waals surface area contributed by atoms with Crippen LogP contribution in [0.25, 0.3) is 10.8 Å². The first-order chi connectivity index (χ1) is 15.1. The summed E-state index contributed by atoms with van der Waals surface area (Å²) >= 11 is 0. The van der Waals surface area contributed by atoms with Gasteiger partial charge in [-0.25, -0.2) is 0 Å². The smallest absolute Gasteiger partial charge is 0.387 e. The number of fused-ring (bicyclic) bond motifs is 1. The number of carbonyl (C=O) groups excluding carboxylic acids is 1. The Hall–Kier alpha value is -3.42. The van der Waals surface area contributed by atoms with E-state index in [1.54, 1.807) is 12.4 Å². The Morgan fingerprint density at radius 2 is 1.87 bits per heavy atom. The van der Waals surface area contributed by atoms with Crippen molar-refractivity contribution in [2.45, 2.75) is 25.9 Å². The van der Waals surface area contributed by atoms with Crippen LogP contribution < -0.4 is 19.7 Å². The second-order valence-electron chi connectivity index (χ2n) is 7.30. The Labute approximate surface area is 178 Å². The van der Waals surface area contributed by atoms with Gasteiger partial charge in [0.05, 0.1) is 12.8 Å². The van der Waals surface area contributed by atoms with Crippen LogP contribution in [0, 0.1) is 0 Å². The van der Waals surface area contributed by atoms with Crippen molar-refractivity contribution in [1.29, 1.82) is 0 Å². The molecule has 8 heteroatoms. The summed E-state index contributed by atoms with van der Waals surface area (Å²) in [5.74, 6) is -0.465. The highest BCUT2D eigenvalue weighted by Gasteiger charge is 2.18. The largest absolute Gasteiger partial charge is 0.493 e.